The van der Waals surface area contributed by atoms with Gasteiger partial charge in [0.25, 0.3) is 11.6 Å². The third-order valence-electron chi connectivity index (χ3n) is 4.20. The summed E-state index contributed by atoms with van der Waals surface area (Å²) in [7, 11) is 2.88. The Hall–Kier alpha value is -3.43. The molecule has 0 bridgehead atoms. The number of anilines is 1. The summed E-state index contributed by atoms with van der Waals surface area (Å²) in [6.07, 6.45) is -0.901. The van der Waals surface area contributed by atoms with Crippen LogP contribution >= 0.6 is 0 Å². The molecule has 2 aromatic rings. The fraction of sp³-hybridized carbons (Fsp3) is 0.235. The quantitative estimate of drug-likeness (QED) is 0.634. The number of nitrogens with one attached hydrogen (secondary N) is 1. The number of fused-ring (bicyclic) bond motifs is 1. The molecule has 1 aliphatic heterocycles. The van der Waals surface area contributed by atoms with Crippen molar-refractivity contribution in [3.63, 3.8) is 0 Å². The van der Waals surface area contributed by atoms with E-state index in [1.165, 1.54) is 13.2 Å². The number of amides is 1. The van der Waals surface area contributed by atoms with E-state index in [0.717, 1.165) is 6.07 Å². The molecule has 0 saturated carbocycles. The van der Waals surface area contributed by atoms with Crippen LogP contribution in [0.5, 0.6) is 11.5 Å². The second-order valence-corrected chi connectivity index (χ2v) is 5.70. The first kappa shape index (κ1) is 18.4. The number of carbonyl (C=O) groups is 1. The van der Waals surface area contributed by atoms with Crippen LogP contribution in [-0.2, 0) is 0 Å². The highest BCUT2D eigenvalue weighted by Gasteiger charge is 2.35. The Kier molecular flexibility index (Phi) is 4.80. The molecule has 1 amide bonds. The summed E-state index contributed by atoms with van der Waals surface area (Å²) in [6, 6.07) is 8.85. The second kappa shape index (κ2) is 7.06. The highest BCUT2D eigenvalue weighted by atomic mass is 19.3. The predicted octanol–water partition coefficient (Wildman–Crippen LogP) is 3.08. The Labute approximate surface area is 152 Å². The zero-order valence-corrected chi connectivity index (χ0v) is 14.3. The molecule has 2 aromatic carbocycles. The number of rotatable bonds is 5. The number of alkyl halides is 2. The summed E-state index contributed by atoms with van der Waals surface area (Å²) in [5.74, 6) is -0.986. The van der Waals surface area contributed by atoms with Gasteiger partial charge in [-0.05, 0) is 18.2 Å². The van der Waals surface area contributed by atoms with Crippen molar-refractivity contribution in [3.05, 3.63) is 57.6 Å². The van der Waals surface area contributed by atoms with Gasteiger partial charge in [-0.15, -0.1) is 0 Å². The monoisotopic (exact) mass is 379 g/mol. The molecule has 1 aliphatic rings. The van der Waals surface area contributed by atoms with Crippen molar-refractivity contribution in [1.82, 2.24) is 5.32 Å². The normalized spacial score (nSPS) is 16.0. The topological polar surface area (TPSA) is 93.9 Å². The summed E-state index contributed by atoms with van der Waals surface area (Å²) >= 11 is 0. The van der Waals surface area contributed by atoms with E-state index < -0.39 is 35.0 Å². The van der Waals surface area contributed by atoms with Crippen molar-refractivity contribution in [2.75, 3.05) is 19.1 Å². The lowest BCUT2D eigenvalue weighted by Gasteiger charge is -2.36. The lowest BCUT2D eigenvalue weighted by molar-refractivity contribution is -0.385. The Morgan fingerprint density at radius 1 is 1.26 bits per heavy atom. The number of carbonyl (C=O) groups excluding carboxylic acids is 1. The number of benzene rings is 2. The number of nitro benzene ring substituents is 1. The molecular formula is C17H15F2N3O5. The molecular weight excluding hydrogens is 364 g/mol. The standard InChI is InChI=1S/C17H15F2N3O5/c1-21-11-6-4-3-5-9(11)16(23)20-15(21)10-7-13(26-2)14(27-17(18)19)8-12(10)22(24)25/h3-8,15,17H,1-2H3,(H,20,23)/t15-/m0/s1. The number of nitro groups is 1. The number of methoxy groups -OCH3 is 1. The molecule has 0 aromatic heterocycles. The van der Waals surface area contributed by atoms with Gasteiger partial charge in [0.15, 0.2) is 11.5 Å². The van der Waals surface area contributed by atoms with Crippen LogP contribution in [0.15, 0.2) is 36.4 Å². The summed E-state index contributed by atoms with van der Waals surface area (Å²) in [4.78, 5) is 24.8. The lowest BCUT2D eigenvalue weighted by atomic mass is 10.0. The van der Waals surface area contributed by atoms with E-state index in [9.17, 15) is 23.7 Å². The van der Waals surface area contributed by atoms with Crippen molar-refractivity contribution in [2.24, 2.45) is 0 Å². The number of para-hydroxylation sites is 1. The first-order valence-electron chi connectivity index (χ1n) is 7.77. The molecule has 0 unspecified atom stereocenters. The minimum Gasteiger partial charge on any atom is -0.493 e. The molecule has 0 saturated heterocycles. The zero-order valence-electron chi connectivity index (χ0n) is 14.3. The SMILES string of the molecule is COc1cc([C@H]2NC(=O)c3ccccc3N2C)c([N+](=O)[O-])cc1OC(F)F. The Morgan fingerprint density at radius 3 is 2.59 bits per heavy atom. The molecule has 0 aliphatic carbocycles. The number of nitrogens with zero attached hydrogens (tertiary/aromatic N) is 2. The molecule has 0 spiro atoms. The molecule has 0 fully saturated rings. The maximum Gasteiger partial charge on any atom is 0.387 e. The van der Waals surface area contributed by atoms with E-state index in [1.54, 1.807) is 36.2 Å². The smallest absolute Gasteiger partial charge is 0.387 e. The van der Waals surface area contributed by atoms with E-state index in [1.807, 2.05) is 0 Å². The molecule has 3 rings (SSSR count). The van der Waals surface area contributed by atoms with Crippen LogP contribution in [0.2, 0.25) is 0 Å². The lowest BCUT2D eigenvalue weighted by Crippen LogP contribution is -2.44. The highest BCUT2D eigenvalue weighted by Crippen LogP contribution is 2.41. The van der Waals surface area contributed by atoms with Crippen LogP contribution in [0, 0.1) is 10.1 Å². The molecule has 10 heteroatoms. The highest BCUT2D eigenvalue weighted by molar-refractivity contribution is 6.02. The summed E-state index contributed by atoms with van der Waals surface area (Å²) < 4.78 is 34.5. The van der Waals surface area contributed by atoms with Crippen molar-refractivity contribution in [1.29, 1.82) is 0 Å². The van der Waals surface area contributed by atoms with Crippen molar-refractivity contribution in [3.8, 4) is 11.5 Å². The average molecular weight is 379 g/mol. The summed E-state index contributed by atoms with van der Waals surface area (Å²) in [6.45, 7) is -3.17. The van der Waals surface area contributed by atoms with Gasteiger partial charge in [-0.2, -0.15) is 8.78 Å². The van der Waals surface area contributed by atoms with Gasteiger partial charge in [0.05, 0.1) is 34.9 Å². The van der Waals surface area contributed by atoms with Gasteiger partial charge in [-0.1, -0.05) is 12.1 Å². The van der Waals surface area contributed by atoms with E-state index in [0.29, 0.717) is 11.3 Å². The molecule has 142 valence electrons. The predicted molar refractivity (Wildman–Crippen MR) is 91.3 cm³/mol. The fourth-order valence-corrected chi connectivity index (χ4v) is 2.99. The van der Waals surface area contributed by atoms with Gasteiger partial charge in [-0.3, -0.25) is 14.9 Å². The van der Waals surface area contributed by atoms with E-state index in [4.69, 9.17) is 4.74 Å². The molecule has 27 heavy (non-hydrogen) atoms. The first-order chi connectivity index (χ1) is 12.8. The van der Waals surface area contributed by atoms with E-state index in [-0.39, 0.29) is 11.3 Å². The molecule has 1 atom stereocenters. The molecule has 1 N–H and O–H groups in total. The van der Waals surface area contributed by atoms with Gasteiger partial charge in [0, 0.05) is 7.05 Å². The number of hydrogen-bond acceptors (Lipinski definition) is 6. The minimum atomic E-state index is -3.17. The molecule has 0 radical (unpaired) electrons. The second-order valence-electron chi connectivity index (χ2n) is 5.70. The number of ether oxygens (including phenoxy) is 2. The Balaban J connectivity index is 2.13. The van der Waals surface area contributed by atoms with Gasteiger partial charge >= 0.3 is 6.61 Å². The van der Waals surface area contributed by atoms with Crippen LogP contribution < -0.4 is 19.7 Å². The Bertz CT molecular complexity index is 906. The fourth-order valence-electron chi connectivity index (χ4n) is 2.99. The maximum atomic E-state index is 12.6. The molecule has 1 heterocycles. The number of halogens is 2. The Morgan fingerprint density at radius 2 is 1.96 bits per heavy atom. The summed E-state index contributed by atoms with van der Waals surface area (Å²) in [5, 5.41) is 14.2. The first-order valence-corrected chi connectivity index (χ1v) is 7.77. The van der Waals surface area contributed by atoms with Crippen LogP contribution in [-0.4, -0.2) is 31.6 Å². The van der Waals surface area contributed by atoms with Gasteiger partial charge < -0.3 is 19.7 Å². The van der Waals surface area contributed by atoms with E-state index in [2.05, 4.69) is 10.1 Å². The number of hydrogen-bond donors (Lipinski definition) is 1. The van der Waals surface area contributed by atoms with Gasteiger partial charge in [0.2, 0.25) is 0 Å². The largest absolute Gasteiger partial charge is 0.493 e. The van der Waals surface area contributed by atoms with Crippen LogP contribution in [0.1, 0.15) is 22.1 Å². The van der Waals surface area contributed by atoms with Crippen molar-refractivity contribution >= 4 is 17.3 Å². The van der Waals surface area contributed by atoms with E-state index >= 15 is 0 Å². The molecule has 8 nitrogen and oxygen atoms in total. The van der Waals surface area contributed by atoms with Crippen LogP contribution in [0.25, 0.3) is 0 Å². The minimum absolute atomic E-state index is 0.0730. The average Bonchev–Trinajstić information content (AvgIpc) is 2.64. The maximum absolute atomic E-state index is 12.6. The zero-order chi connectivity index (χ0) is 19.7. The van der Waals surface area contributed by atoms with Gasteiger partial charge in [0.1, 0.15) is 6.17 Å². The van der Waals surface area contributed by atoms with Crippen LogP contribution in [0.4, 0.5) is 20.2 Å². The third-order valence-corrected chi connectivity index (χ3v) is 4.20. The third kappa shape index (κ3) is 3.33. The van der Waals surface area contributed by atoms with Gasteiger partial charge in [-0.25, -0.2) is 0 Å². The van der Waals surface area contributed by atoms with Crippen molar-refractivity contribution in [2.45, 2.75) is 12.8 Å². The van der Waals surface area contributed by atoms with Crippen molar-refractivity contribution < 1.29 is 28.0 Å². The summed E-state index contributed by atoms with van der Waals surface area (Å²) in [5.41, 5.74) is 0.586. The van der Waals surface area contributed by atoms with Crippen LogP contribution in [0.3, 0.4) is 0 Å².